The van der Waals surface area contributed by atoms with Gasteiger partial charge in [0.2, 0.25) is 0 Å². The van der Waals surface area contributed by atoms with Gasteiger partial charge >= 0.3 is 0 Å². The highest BCUT2D eigenvalue weighted by Crippen LogP contribution is 2.31. The molecule has 0 aliphatic rings. The van der Waals surface area contributed by atoms with Crippen molar-refractivity contribution < 1.29 is 0 Å². The van der Waals surface area contributed by atoms with Crippen LogP contribution in [0, 0.1) is 0 Å². The summed E-state index contributed by atoms with van der Waals surface area (Å²) in [5.41, 5.74) is 12.2. The van der Waals surface area contributed by atoms with E-state index in [0.29, 0.717) is 5.82 Å². The summed E-state index contributed by atoms with van der Waals surface area (Å²) in [5.74, 6) is 1.49. The van der Waals surface area contributed by atoms with Crippen molar-refractivity contribution in [2.45, 2.75) is 6.92 Å². The zero-order valence-electron chi connectivity index (χ0n) is 28.6. The van der Waals surface area contributed by atoms with Gasteiger partial charge in [-0.1, -0.05) is 122 Å². The van der Waals surface area contributed by atoms with Crippen molar-refractivity contribution in [3.8, 4) is 50.7 Å². The van der Waals surface area contributed by atoms with E-state index in [2.05, 4.69) is 76.8 Å². The maximum absolute atomic E-state index is 4.99. The Morgan fingerprint density at radius 1 is 0.596 bits per heavy atom. The lowest BCUT2D eigenvalue weighted by Crippen LogP contribution is -2.00. The van der Waals surface area contributed by atoms with Gasteiger partial charge in [-0.3, -0.25) is 14.5 Å². The number of hydrogen-bond donors (Lipinski definition) is 0. The predicted molar refractivity (Wildman–Crippen MR) is 212 cm³/mol. The zero-order chi connectivity index (χ0) is 35.3. The molecule has 0 amide bonds. The van der Waals surface area contributed by atoms with Crippen LogP contribution in [0.5, 0.6) is 0 Å². The average molecular weight is 671 g/mol. The van der Waals surface area contributed by atoms with Crippen molar-refractivity contribution in [2.75, 3.05) is 0 Å². The fourth-order valence-electron chi connectivity index (χ4n) is 6.20. The normalized spacial score (nSPS) is 11.7. The number of imidazole rings is 1. The average Bonchev–Trinajstić information content (AvgIpc) is 3.61. The van der Waals surface area contributed by atoms with Crippen molar-refractivity contribution in [1.82, 2.24) is 29.5 Å². The van der Waals surface area contributed by atoms with E-state index >= 15 is 0 Å². The summed E-state index contributed by atoms with van der Waals surface area (Å²) in [4.78, 5) is 24.1. The number of benzene rings is 4. The monoisotopic (exact) mass is 670 g/mol. The van der Waals surface area contributed by atoms with Crippen LogP contribution in [0.2, 0.25) is 0 Å². The Kier molecular flexibility index (Phi) is 8.93. The molecule has 0 saturated carbocycles. The smallest absolute Gasteiger partial charge is 0.160 e. The highest BCUT2D eigenvalue weighted by atomic mass is 15.1. The molecule has 6 heteroatoms. The van der Waals surface area contributed by atoms with E-state index in [1.165, 1.54) is 5.56 Å². The first-order valence-electron chi connectivity index (χ1n) is 17.1. The van der Waals surface area contributed by atoms with Crippen LogP contribution in [-0.4, -0.2) is 29.5 Å². The quantitative estimate of drug-likeness (QED) is 0.143. The Balaban J connectivity index is 1.08. The SMILES string of the molecule is C=C(/C=C\C(=C/C)c1nc2ccccc2n1-c1cccnc1)c1ccc(-c2cc(-c3ccc(-c4ccccc4)cc3)nc(-c3ccccc3)n2)cn1. The summed E-state index contributed by atoms with van der Waals surface area (Å²) in [5, 5.41) is 0. The molecule has 0 aliphatic carbocycles. The van der Waals surface area contributed by atoms with Gasteiger partial charge in [0.15, 0.2) is 5.82 Å². The number of rotatable bonds is 9. The second-order valence-electron chi connectivity index (χ2n) is 12.3. The van der Waals surface area contributed by atoms with Gasteiger partial charge in [0.25, 0.3) is 0 Å². The predicted octanol–water partition coefficient (Wildman–Crippen LogP) is 10.9. The topological polar surface area (TPSA) is 69.4 Å². The number of nitrogens with zero attached hydrogens (tertiary/aromatic N) is 6. The molecule has 0 spiro atoms. The highest BCUT2D eigenvalue weighted by Gasteiger charge is 2.15. The van der Waals surface area contributed by atoms with Crippen LogP contribution in [0.1, 0.15) is 18.4 Å². The van der Waals surface area contributed by atoms with Crippen LogP contribution in [0.3, 0.4) is 0 Å². The lowest BCUT2D eigenvalue weighted by molar-refractivity contribution is 1.04. The third kappa shape index (κ3) is 6.61. The molecule has 4 heterocycles. The summed E-state index contributed by atoms with van der Waals surface area (Å²) in [6.07, 6.45) is 11.6. The first-order chi connectivity index (χ1) is 25.6. The fourth-order valence-corrected chi connectivity index (χ4v) is 6.20. The first-order valence-corrected chi connectivity index (χ1v) is 17.1. The Labute approximate surface area is 302 Å². The molecule has 0 saturated heterocycles. The lowest BCUT2D eigenvalue weighted by Gasteiger charge is -2.11. The maximum Gasteiger partial charge on any atom is 0.160 e. The molecule has 4 aromatic carbocycles. The lowest BCUT2D eigenvalue weighted by atomic mass is 10.0. The molecule has 0 aliphatic heterocycles. The number of aromatic nitrogens is 6. The van der Waals surface area contributed by atoms with Crippen LogP contribution in [0.25, 0.3) is 72.9 Å². The van der Waals surface area contributed by atoms with E-state index in [-0.39, 0.29) is 0 Å². The van der Waals surface area contributed by atoms with E-state index in [1.807, 2.05) is 116 Å². The second kappa shape index (κ2) is 14.4. The van der Waals surface area contributed by atoms with E-state index in [4.69, 9.17) is 19.9 Å². The zero-order valence-corrected chi connectivity index (χ0v) is 28.6. The number of pyridine rings is 2. The molecular weight excluding hydrogens is 637 g/mol. The van der Waals surface area contributed by atoms with Gasteiger partial charge in [0, 0.05) is 34.7 Å². The van der Waals surface area contributed by atoms with Crippen LogP contribution >= 0.6 is 0 Å². The molecule has 4 aromatic heterocycles. The number of para-hydroxylation sites is 2. The van der Waals surface area contributed by atoms with Gasteiger partial charge in [-0.15, -0.1) is 0 Å². The number of hydrogen-bond acceptors (Lipinski definition) is 5. The molecular formula is C46H34N6. The van der Waals surface area contributed by atoms with Gasteiger partial charge in [0.05, 0.1) is 40.0 Å². The Morgan fingerprint density at radius 3 is 1.94 bits per heavy atom. The third-order valence-electron chi connectivity index (χ3n) is 8.93. The van der Waals surface area contributed by atoms with Crippen molar-refractivity contribution in [1.29, 1.82) is 0 Å². The summed E-state index contributed by atoms with van der Waals surface area (Å²) >= 11 is 0. The van der Waals surface area contributed by atoms with Crippen molar-refractivity contribution in [2.24, 2.45) is 0 Å². The van der Waals surface area contributed by atoms with Crippen molar-refractivity contribution in [3.63, 3.8) is 0 Å². The molecule has 0 fully saturated rings. The fraction of sp³-hybridized carbons (Fsp3) is 0.0217. The van der Waals surface area contributed by atoms with Gasteiger partial charge in [-0.25, -0.2) is 15.0 Å². The molecule has 52 heavy (non-hydrogen) atoms. The van der Waals surface area contributed by atoms with E-state index in [9.17, 15) is 0 Å². The number of allylic oxidation sites excluding steroid dienone is 5. The van der Waals surface area contributed by atoms with Crippen molar-refractivity contribution >= 4 is 22.2 Å². The minimum absolute atomic E-state index is 0.660. The van der Waals surface area contributed by atoms with Gasteiger partial charge in [-0.2, -0.15) is 0 Å². The van der Waals surface area contributed by atoms with Crippen LogP contribution < -0.4 is 0 Å². The highest BCUT2D eigenvalue weighted by molar-refractivity contribution is 5.86. The van der Waals surface area contributed by atoms with Crippen LogP contribution in [-0.2, 0) is 0 Å². The second-order valence-corrected chi connectivity index (χ2v) is 12.3. The molecule has 0 bridgehead atoms. The Morgan fingerprint density at radius 2 is 1.25 bits per heavy atom. The molecule has 6 nitrogen and oxygen atoms in total. The summed E-state index contributed by atoms with van der Waals surface area (Å²) < 4.78 is 2.13. The van der Waals surface area contributed by atoms with Crippen molar-refractivity contribution in [3.05, 3.63) is 194 Å². The van der Waals surface area contributed by atoms with Gasteiger partial charge in [-0.05, 0) is 66.1 Å². The summed E-state index contributed by atoms with van der Waals surface area (Å²) in [6, 6.07) is 47.1. The molecule has 0 N–H and O–H groups in total. The van der Waals surface area contributed by atoms with Gasteiger partial charge in [0.1, 0.15) is 5.82 Å². The third-order valence-corrected chi connectivity index (χ3v) is 8.93. The molecule has 0 unspecified atom stereocenters. The molecule has 0 atom stereocenters. The standard InChI is InChI=1S/C46H34N6/c1-3-33(46-51-41-18-10-11-19-44(41)52(46)39-17-12-28-47-31-39)21-20-32(2)40-27-26-38(30-48-40)43-29-42(49-45(50-43)37-15-8-5-9-16-37)36-24-22-35(23-25-36)34-13-6-4-7-14-34/h3-31H,2H2,1H3/b21-20-,33-3+. The van der Waals surface area contributed by atoms with E-state index < -0.39 is 0 Å². The van der Waals surface area contributed by atoms with E-state index in [0.717, 1.165) is 73.0 Å². The Bertz CT molecular complexity index is 2550. The summed E-state index contributed by atoms with van der Waals surface area (Å²) in [6.45, 7) is 6.36. The molecule has 8 aromatic rings. The molecule has 248 valence electrons. The van der Waals surface area contributed by atoms with Crippen LogP contribution in [0.4, 0.5) is 0 Å². The van der Waals surface area contributed by atoms with Crippen LogP contribution in [0.15, 0.2) is 183 Å². The molecule has 0 radical (unpaired) electrons. The summed E-state index contributed by atoms with van der Waals surface area (Å²) in [7, 11) is 0. The minimum Gasteiger partial charge on any atom is -0.291 e. The maximum atomic E-state index is 4.99. The van der Waals surface area contributed by atoms with E-state index in [1.54, 1.807) is 6.20 Å². The minimum atomic E-state index is 0.660. The van der Waals surface area contributed by atoms with Gasteiger partial charge < -0.3 is 0 Å². The Hall–Kier alpha value is -7.05. The number of fused-ring (bicyclic) bond motifs is 1. The molecule has 8 rings (SSSR count). The first kappa shape index (κ1) is 32.2. The largest absolute Gasteiger partial charge is 0.291 e.